The summed E-state index contributed by atoms with van der Waals surface area (Å²) in [6.45, 7) is 8.54. The summed E-state index contributed by atoms with van der Waals surface area (Å²) in [6.07, 6.45) is 14.8. The molecule has 1 saturated carbocycles. The molecule has 0 spiro atoms. The number of allylic oxidation sites excluding steroid dienone is 1. The molecule has 1 aromatic carbocycles. The third-order valence-electron chi connectivity index (χ3n) is 7.10. The number of benzene rings is 1. The molecule has 1 aliphatic carbocycles. The SMILES string of the molecule is C=C(CC(C)C)Nc1cncc(-c2cccc(/C(=N\NC)c3nc4c(C5CCCCC5)cncc4[nH]3)c2)c1. The fourth-order valence-corrected chi connectivity index (χ4v) is 5.40. The van der Waals surface area contributed by atoms with Gasteiger partial charge in [0.05, 0.1) is 29.1 Å². The largest absolute Gasteiger partial charge is 0.358 e. The van der Waals surface area contributed by atoms with Gasteiger partial charge in [0.15, 0.2) is 5.82 Å². The predicted molar refractivity (Wildman–Crippen MR) is 156 cm³/mol. The van der Waals surface area contributed by atoms with Crippen molar-refractivity contribution in [1.29, 1.82) is 0 Å². The highest BCUT2D eigenvalue weighted by atomic mass is 15.3. The maximum Gasteiger partial charge on any atom is 0.159 e. The zero-order valence-electron chi connectivity index (χ0n) is 22.6. The van der Waals surface area contributed by atoms with E-state index in [1.54, 1.807) is 0 Å². The van der Waals surface area contributed by atoms with Gasteiger partial charge in [0.25, 0.3) is 0 Å². The number of hydrogen-bond donors (Lipinski definition) is 3. The van der Waals surface area contributed by atoms with Crippen LogP contribution in [0.3, 0.4) is 0 Å². The van der Waals surface area contributed by atoms with Gasteiger partial charge in [0.1, 0.15) is 5.71 Å². The fourth-order valence-electron chi connectivity index (χ4n) is 5.40. The monoisotopic (exact) mass is 507 g/mol. The van der Waals surface area contributed by atoms with Crippen molar-refractivity contribution >= 4 is 22.4 Å². The van der Waals surface area contributed by atoms with E-state index in [2.05, 4.69) is 75.5 Å². The Balaban J connectivity index is 1.47. The van der Waals surface area contributed by atoms with Crippen LogP contribution in [-0.2, 0) is 0 Å². The molecule has 7 nitrogen and oxygen atoms in total. The van der Waals surface area contributed by atoms with Gasteiger partial charge in [-0.15, -0.1) is 0 Å². The zero-order valence-corrected chi connectivity index (χ0v) is 22.6. The molecule has 1 fully saturated rings. The first-order valence-corrected chi connectivity index (χ1v) is 13.6. The molecule has 0 aliphatic heterocycles. The van der Waals surface area contributed by atoms with Crippen molar-refractivity contribution in [2.24, 2.45) is 11.0 Å². The van der Waals surface area contributed by atoms with E-state index in [-0.39, 0.29) is 0 Å². The second kappa shape index (κ2) is 11.6. The molecule has 0 atom stereocenters. The van der Waals surface area contributed by atoms with Crippen molar-refractivity contribution in [3.05, 3.63) is 84.3 Å². The van der Waals surface area contributed by atoms with Gasteiger partial charge in [0.2, 0.25) is 0 Å². The summed E-state index contributed by atoms with van der Waals surface area (Å²) in [5, 5.41) is 8.04. The Labute approximate surface area is 224 Å². The van der Waals surface area contributed by atoms with Gasteiger partial charge < -0.3 is 15.7 Å². The van der Waals surface area contributed by atoms with Crippen molar-refractivity contribution in [2.75, 3.05) is 12.4 Å². The van der Waals surface area contributed by atoms with Crippen LogP contribution in [0.5, 0.6) is 0 Å². The molecule has 196 valence electrons. The maximum absolute atomic E-state index is 5.06. The van der Waals surface area contributed by atoms with E-state index in [0.717, 1.165) is 57.1 Å². The Kier molecular flexibility index (Phi) is 7.82. The van der Waals surface area contributed by atoms with Crippen molar-refractivity contribution in [3.63, 3.8) is 0 Å². The molecule has 0 unspecified atom stereocenters. The number of hydrazone groups is 1. The standard InChI is InChI=1S/C31H37N7/c1-20(2)13-21(3)35-26-15-25(16-33-17-26)23-11-8-12-24(14-23)29(38-32-4)31-36-28-19-34-18-27(30(28)37-31)22-9-6-5-7-10-22/h8,11-12,14-20,22,32,35H,3,5-7,9-10,13H2,1-2,4H3,(H,36,37)/b38-29+. The Bertz CT molecular complexity index is 1440. The molecule has 5 rings (SSSR count). The Hall–Kier alpha value is -4.00. The molecule has 0 saturated heterocycles. The average Bonchev–Trinajstić information content (AvgIpc) is 3.36. The Morgan fingerprint density at radius 1 is 1.05 bits per heavy atom. The summed E-state index contributed by atoms with van der Waals surface area (Å²) < 4.78 is 0. The van der Waals surface area contributed by atoms with Crippen LogP contribution in [0.1, 0.15) is 75.2 Å². The Morgan fingerprint density at radius 3 is 2.66 bits per heavy atom. The smallest absolute Gasteiger partial charge is 0.159 e. The summed E-state index contributed by atoms with van der Waals surface area (Å²) in [7, 11) is 1.81. The van der Waals surface area contributed by atoms with E-state index in [1.165, 1.54) is 37.7 Å². The molecule has 0 bridgehead atoms. The van der Waals surface area contributed by atoms with E-state index < -0.39 is 0 Å². The zero-order chi connectivity index (χ0) is 26.5. The first-order valence-electron chi connectivity index (χ1n) is 13.6. The summed E-state index contributed by atoms with van der Waals surface area (Å²) >= 11 is 0. The summed E-state index contributed by atoms with van der Waals surface area (Å²) in [5.74, 6) is 1.80. The van der Waals surface area contributed by atoms with Gasteiger partial charge in [-0.05, 0) is 48.8 Å². The molecule has 3 aromatic heterocycles. The molecule has 0 radical (unpaired) electrons. The van der Waals surface area contributed by atoms with Crippen LogP contribution >= 0.6 is 0 Å². The molecule has 38 heavy (non-hydrogen) atoms. The minimum atomic E-state index is 0.522. The quantitative estimate of drug-likeness (QED) is 0.167. The maximum atomic E-state index is 5.06. The van der Waals surface area contributed by atoms with E-state index >= 15 is 0 Å². The number of nitrogens with one attached hydrogen (secondary N) is 3. The van der Waals surface area contributed by atoms with Crippen molar-refractivity contribution in [3.8, 4) is 11.1 Å². The number of fused-ring (bicyclic) bond motifs is 1. The number of H-pyrrole nitrogens is 1. The Morgan fingerprint density at radius 2 is 1.87 bits per heavy atom. The highest BCUT2D eigenvalue weighted by molar-refractivity contribution is 6.12. The van der Waals surface area contributed by atoms with Gasteiger partial charge in [-0.25, -0.2) is 4.98 Å². The van der Waals surface area contributed by atoms with Crippen LogP contribution in [0.2, 0.25) is 0 Å². The number of nitrogens with zero attached hydrogens (tertiary/aromatic N) is 4. The molecule has 3 N–H and O–H groups in total. The minimum absolute atomic E-state index is 0.522. The lowest BCUT2D eigenvalue weighted by Gasteiger charge is -2.21. The molecule has 7 heteroatoms. The second-order valence-corrected chi connectivity index (χ2v) is 10.6. The number of imidazole rings is 1. The third kappa shape index (κ3) is 5.77. The van der Waals surface area contributed by atoms with Crippen molar-refractivity contribution < 1.29 is 0 Å². The second-order valence-electron chi connectivity index (χ2n) is 10.6. The summed E-state index contributed by atoms with van der Waals surface area (Å²) in [4.78, 5) is 17.6. The van der Waals surface area contributed by atoms with Crippen LogP contribution in [0.15, 0.2) is 72.5 Å². The van der Waals surface area contributed by atoms with Crippen LogP contribution in [0.4, 0.5) is 5.69 Å². The van der Waals surface area contributed by atoms with Crippen molar-refractivity contribution in [1.82, 2.24) is 25.4 Å². The number of hydrogen-bond acceptors (Lipinski definition) is 6. The van der Waals surface area contributed by atoms with Gasteiger partial charge in [-0.2, -0.15) is 5.10 Å². The lowest BCUT2D eigenvalue weighted by Crippen LogP contribution is -2.11. The first kappa shape index (κ1) is 25.6. The van der Waals surface area contributed by atoms with Crippen LogP contribution < -0.4 is 10.7 Å². The summed E-state index contributed by atoms with van der Waals surface area (Å²) in [6, 6.07) is 10.4. The van der Waals surface area contributed by atoms with Gasteiger partial charge in [-0.1, -0.05) is 57.9 Å². The summed E-state index contributed by atoms with van der Waals surface area (Å²) in [5.41, 5.74) is 11.9. The first-order chi connectivity index (χ1) is 18.5. The van der Waals surface area contributed by atoms with Gasteiger partial charge in [-0.3, -0.25) is 9.97 Å². The fraction of sp³-hybridized carbons (Fsp3) is 0.355. The van der Waals surface area contributed by atoms with E-state index in [0.29, 0.717) is 11.8 Å². The minimum Gasteiger partial charge on any atom is -0.358 e. The van der Waals surface area contributed by atoms with Gasteiger partial charge in [0, 0.05) is 41.8 Å². The number of pyridine rings is 2. The lowest BCUT2D eigenvalue weighted by molar-refractivity contribution is 0.444. The number of aromatic amines is 1. The predicted octanol–water partition coefficient (Wildman–Crippen LogP) is 7.01. The van der Waals surface area contributed by atoms with E-state index in [9.17, 15) is 0 Å². The molecule has 4 aromatic rings. The van der Waals surface area contributed by atoms with E-state index in [4.69, 9.17) is 4.98 Å². The lowest BCUT2D eigenvalue weighted by atomic mass is 9.84. The van der Waals surface area contributed by atoms with Crippen LogP contribution in [0, 0.1) is 5.92 Å². The number of anilines is 1. The molecular formula is C31H37N7. The normalized spacial score (nSPS) is 14.7. The van der Waals surface area contributed by atoms with Crippen LogP contribution in [0.25, 0.3) is 22.2 Å². The molecular weight excluding hydrogens is 470 g/mol. The number of aromatic nitrogens is 4. The molecule has 0 amide bonds. The highest BCUT2D eigenvalue weighted by Gasteiger charge is 2.21. The third-order valence-corrected chi connectivity index (χ3v) is 7.10. The molecule has 3 heterocycles. The average molecular weight is 508 g/mol. The van der Waals surface area contributed by atoms with Crippen LogP contribution in [-0.4, -0.2) is 32.7 Å². The topological polar surface area (TPSA) is 90.9 Å². The van der Waals surface area contributed by atoms with Gasteiger partial charge >= 0.3 is 0 Å². The highest BCUT2D eigenvalue weighted by Crippen LogP contribution is 2.35. The molecule has 1 aliphatic rings. The number of rotatable bonds is 9. The van der Waals surface area contributed by atoms with E-state index in [1.807, 2.05) is 37.9 Å². The van der Waals surface area contributed by atoms with Crippen molar-refractivity contribution in [2.45, 2.75) is 58.3 Å².